The number of hydrogen-bond acceptors (Lipinski definition) is 2. The highest BCUT2D eigenvalue weighted by Crippen LogP contribution is 2.21. The Morgan fingerprint density at radius 3 is 2.73 bits per heavy atom. The Morgan fingerprint density at radius 1 is 1.40 bits per heavy atom. The first-order valence-electron chi connectivity index (χ1n) is 6.02. The molecule has 0 bridgehead atoms. The van der Waals surface area contributed by atoms with Crippen LogP contribution >= 0.6 is 15.9 Å². The molecule has 1 aliphatic rings. The first-order chi connectivity index (χ1) is 7.17. The number of nitrogens with one attached hydrogen (secondary N) is 1. The molecule has 1 rings (SSSR count). The van der Waals surface area contributed by atoms with Crippen LogP contribution in [0.15, 0.2) is 0 Å². The van der Waals surface area contributed by atoms with Crippen LogP contribution in [0.4, 0.5) is 0 Å². The number of ether oxygens (including phenoxy) is 1. The zero-order valence-electron chi connectivity index (χ0n) is 10.1. The maximum absolute atomic E-state index is 5.44. The molecule has 0 heterocycles. The van der Waals surface area contributed by atoms with Crippen LogP contribution in [0, 0.1) is 5.92 Å². The molecule has 0 amide bonds. The van der Waals surface area contributed by atoms with Crippen LogP contribution in [-0.2, 0) is 4.74 Å². The third-order valence-electron chi connectivity index (χ3n) is 3.55. The van der Waals surface area contributed by atoms with Gasteiger partial charge in [0.2, 0.25) is 0 Å². The van der Waals surface area contributed by atoms with E-state index in [2.05, 4.69) is 35.1 Å². The van der Waals surface area contributed by atoms with Crippen molar-refractivity contribution in [3.63, 3.8) is 0 Å². The molecular formula is C12H24BrNO. The van der Waals surface area contributed by atoms with E-state index in [1.807, 2.05) is 7.11 Å². The van der Waals surface area contributed by atoms with E-state index in [9.17, 15) is 0 Å². The van der Waals surface area contributed by atoms with Gasteiger partial charge in [-0.05, 0) is 38.5 Å². The Labute approximate surface area is 102 Å². The van der Waals surface area contributed by atoms with Crippen molar-refractivity contribution in [2.45, 2.75) is 57.7 Å². The van der Waals surface area contributed by atoms with Crippen molar-refractivity contribution in [3.8, 4) is 0 Å². The van der Waals surface area contributed by atoms with E-state index < -0.39 is 0 Å². The predicted molar refractivity (Wildman–Crippen MR) is 68.6 cm³/mol. The van der Waals surface area contributed by atoms with Gasteiger partial charge in [0.25, 0.3) is 0 Å². The van der Waals surface area contributed by atoms with Gasteiger partial charge in [0, 0.05) is 24.5 Å². The van der Waals surface area contributed by atoms with Gasteiger partial charge >= 0.3 is 0 Å². The molecule has 4 unspecified atom stereocenters. The molecule has 1 N–H and O–H groups in total. The van der Waals surface area contributed by atoms with Crippen LogP contribution in [0.5, 0.6) is 0 Å². The molecule has 0 aromatic rings. The van der Waals surface area contributed by atoms with Crippen LogP contribution in [0.1, 0.15) is 39.5 Å². The van der Waals surface area contributed by atoms with E-state index in [1.165, 1.54) is 25.7 Å². The van der Waals surface area contributed by atoms with E-state index >= 15 is 0 Å². The van der Waals surface area contributed by atoms with E-state index in [4.69, 9.17) is 4.74 Å². The van der Waals surface area contributed by atoms with Crippen molar-refractivity contribution in [3.05, 3.63) is 0 Å². The SMILES string of the molecule is COC1CCCC(NC(C)C(C)CBr)C1. The normalized spacial score (nSPS) is 31.2. The predicted octanol–water partition coefficient (Wildman–Crippen LogP) is 2.95. The summed E-state index contributed by atoms with van der Waals surface area (Å²) in [5.74, 6) is 0.688. The molecule has 3 heteroatoms. The highest BCUT2D eigenvalue weighted by Gasteiger charge is 2.23. The van der Waals surface area contributed by atoms with Gasteiger partial charge in [-0.1, -0.05) is 22.9 Å². The van der Waals surface area contributed by atoms with Crippen LogP contribution in [0.2, 0.25) is 0 Å². The monoisotopic (exact) mass is 277 g/mol. The quantitative estimate of drug-likeness (QED) is 0.781. The minimum Gasteiger partial charge on any atom is -0.381 e. The van der Waals surface area contributed by atoms with Gasteiger partial charge in [0.15, 0.2) is 0 Å². The third kappa shape index (κ3) is 4.41. The van der Waals surface area contributed by atoms with Crippen molar-refractivity contribution in [2.24, 2.45) is 5.92 Å². The summed E-state index contributed by atoms with van der Waals surface area (Å²) < 4.78 is 5.44. The average Bonchev–Trinajstić information content (AvgIpc) is 2.28. The second-order valence-corrected chi connectivity index (χ2v) is 5.46. The summed E-state index contributed by atoms with van der Waals surface area (Å²) in [6.07, 6.45) is 5.49. The molecule has 4 atom stereocenters. The van der Waals surface area contributed by atoms with E-state index in [1.54, 1.807) is 0 Å². The van der Waals surface area contributed by atoms with Gasteiger partial charge in [-0.3, -0.25) is 0 Å². The standard InChI is InChI=1S/C12H24BrNO/c1-9(8-13)10(2)14-11-5-4-6-12(7-11)15-3/h9-12,14H,4-8H2,1-3H3. The maximum atomic E-state index is 5.44. The van der Waals surface area contributed by atoms with E-state index in [0.29, 0.717) is 24.1 Å². The summed E-state index contributed by atoms with van der Waals surface area (Å²) in [7, 11) is 1.83. The molecule has 1 saturated carbocycles. The Hall–Kier alpha value is 0.400. The first-order valence-corrected chi connectivity index (χ1v) is 7.14. The molecule has 0 aromatic heterocycles. The molecule has 0 aromatic carbocycles. The average molecular weight is 278 g/mol. The topological polar surface area (TPSA) is 21.3 Å². The van der Waals surface area contributed by atoms with Crippen molar-refractivity contribution >= 4 is 15.9 Å². The van der Waals surface area contributed by atoms with E-state index in [0.717, 1.165) is 5.33 Å². The van der Waals surface area contributed by atoms with E-state index in [-0.39, 0.29) is 0 Å². The zero-order valence-corrected chi connectivity index (χ0v) is 11.7. The highest BCUT2D eigenvalue weighted by molar-refractivity contribution is 9.09. The Kier molecular flexibility index (Phi) is 6.17. The van der Waals surface area contributed by atoms with Crippen molar-refractivity contribution < 1.29 is 4.74 Å². The van der Waals surface area contributed by atoms with Gasteiger partial charge in [-0.2, -0.15) is 0 Å². The van der Waals surface area contributed by atoms with Crippen LogP contribution in [0.3, 0.4) is 0 Å². The number of rotatable bonds is 5. The van der Waals surface area contributed by atoms with Crippen LogP contribution in [-0.4, -0.2) is 30.6 Å². The fraction of sp³-hybridized carbons (Fsp3) is 1.00. The second kappa shape index (κ2) is 6.87. The van der Waals surface area contributed by atoms with Gasteiger partial charge in [0.05, 0.1) is 6.10 Å². The minimum absolute atomic E-state index is 0.475. The largest absolute Gasteiger partial charge is 0.381 e. The summed E-state index contributed by atoms with van der Waals surface area (Å²) in [6.45, 7) is 4.56. The Balaban J connectivity index is 2.31. The van der Waals surface area contributed by atoms with Gasteiger partial charge in [0.1, 0.15) is 0 Å². The van der Waals surface area contributed by atoms with Crippen LogP contribution in [0.25, 0.3) is 0 Å². The van der Waals surface area contributed by atoms with Gasteiger partial charge < -0.3 is 10.1 Å². The van der Waals surface area contributed by atoms with Crippen molar-refractivity contribution in [1.82, 2.24) is 5.32 Å². The Morgan fingerprint density at radius 2 is 2.13 bits per heavy atom. The van der Waals surface area contributed by atoms with Gasteiger partial charge in [-0.15, -0.1) is 0 Å². The second-order valence-electron chi connectivity index (χ2n) is 4.81. The number of alkyl halides is 1. The number of methoxy groups -OCH3 is 1. The molecule has 0 radical (unpaired) electrons. The lowest BCUT2D eigenvalue weighted by molar-refractivity contribution is 0.0563. The summed E-state index contributed by atoms with van der Waals surface area (Å²) in [5.41, 5.74) is 0. The van der Waals surface area contributed by atoms with Crippen molar-refractivity contribution in [2.75, 3.05) is 12.4 Å². The summed E-state index contributed by atoms with van der Waals surface area (Å²) in [5, 5.41) is 4.79. The number of halogens is 1. The lowest BCUT2D eigenvalue weighted by atomic mass is 9.91. The maximum Gasteiger partial charge on any atom is 0.0586 e. The summed E-state index contributed by atoms with van der Waals surface area (Å²) in [4.78, 5) is 0. The fourth-order valence-electron chi connectivity index (χ4n) is 2.18. The molecule has 1 aliphatic carbocycles. The first kappa shape index (κ1) is 13.5. The molecule has 15 heavy (non-hydrogen) atoms. The molecular weight excluding hydrogens is 254 g/mol. The molecule has 0 saturated heterocycles. The number of hydrogen-bond donors (Lipinski definition) is 1. The summed E-state index contributed by atoms with van der Waals surface area (Å²) >= 11 is 3.54. The van der Waals surface area contributed by atoms with Crippen LogP contribution < -0.4 is 5.32 Å². The van der Waals surface area contributed by atoms with Crippen molar-refractivity contribution in [1.29, 1.82) is 0 Å². The molecule has 0 spiro atoms. The molecule has 2 nitrogen and oxygen atoms in total. The lowest BCUT2D eigenvalue weighted by Gasteiger charge is -2.32. The van der Waals surface area contributed by atoms with Gasteiger partial charge in [-0.25, -0.2) is 0 Å². The molecule has 1 fully saturated rings. The fourth-order valence-corrected chi connectivity index (χ4v) is 2.74. The Bertz CT molecular complexity index is 177. The molecule has 90 valence electrons. The smallest absolute Gasteiger partial charge is 0.0586 e. The summed E-state index contributed by atoms with van der Waals surface area (Å²) in [6, 6.07) is 1.24. The molecule has 0 aliphatic heterocycles. The lowest BCUT2D eigenvalue weighted by Crippen LogP contribution is -2.44. The minimum atomic E-state index is 0.475. The third-order valence-corrected chi connectivity index (χ3v) is 4.58. The zero-order chi connectivity index (χ0) is 11.3. The highest BCUT2D eigenvalue weighted by atomic mass is 79.9.